The van der Waals surface area contributed by atoms with Gasteiger partial charge in [0, 0.05) is 23.0 Å². The van der Waals surface area contributed by atoms with Crippen molar-refractivity contribution in [1.82, 2.24) is 0 Å². The van der Waals surface area contributed by atoms with E-state index in [0.29, 0.717) is 36.0 Å². The summed E-state index contributed by atoms with van der Waals surface area (Å²) in [5.41, 5.74) is 3.38. The summed E-state index contributed by atoms with van der Waals surface area (Å²) in [7, 11) is -3.88. The van der Waals surface area contributed by atoms with Gasteiger partial charge in [-0.05, 0) is 61.4 Å². The van der Waals surface area contributed by atoms with Crippen molar-refractivity contribution in [3.05, 3.63) is 77.4 Å². The molecule has 0 saturated heterocycles. The molecule has 7 nitrogen and oxygen atoms in total. The van der Waals surface area contributed by atoms with Crippen LogP contribution >= 0.6 is 0 Å². The zero-order valence-electron chi connectivity index (χ0n) is 17.1. The average molecular weight is 439 g/mol. The number of ether oxygens (including phenoxy) is 2. The average Bonchev–Trinajstić information content (AvgIpc) is 2.76. The van der Waals surface area contributed by atoms with E-state index in [0.717, 1.165) is 11.1 Å². The molecule has 1 amide bonds. The van der Waals surface area contributed by atoms with Gasteiger partial charge in [0.15, 0.2) is 11.5 Å². The SMILES string of the molecule is Cc1cccc(NC(=O)c2cccc(NS(=O)(=O)c3ccc4c(c3)OCCO4)c2)c1C. The molecule has 8 heteroatoms. The number of carbonyl (C=O) groups excluding carboxylic acids is 1. The molecular weight excluding hydrogens is 416 g/mol. The molecule has 160 valence electrons. The summed E-state index contributed by atoms with van der Waals surface area (Å²) in [5, 5.41) is 2.88. The molecule has 2 N–H and O–H groups in total. The fourth-order valence-electron chi connectivity index (χ4n) is 3.21. The van der Waals surface area contributed by atoms with Gasteiger partial charge in [-0.3, -0.25) is 9.52 Å². The third kappa shape index (κ3) is 4.49. The molecule has 3 aromatic rings. The lowest BCUT2D eigenvalue weighted by Crippen LogP contribution is -2.18. The highest BCUT2D eigenvalue weighted by Crippen LogP contribution is 2.32. The van der Waals surface area contributed by atoms with E-state index in [1.165, 1.54) is 18.2 Å². The minimum atomic E-state index is -3.88. The van der Waals surface area contributed by atoms with Crippen molar-refractivity contribution in [3.8, 4) is 11.5 Å². The number of carbonyl (C=O) groups is 1. The molecule has 0 spiro atoms. The summed E-state index contributed by atoms with van der Waals surface area (Å²) in [5.74, 6) is 0.570. The Bertz CT molecular complexity index is 1250. The van der Waals surface area contributed by atoms with Gasteiger partial charge in [-0.15, -0.1) is 0 Å². The van der Waals surface area contributed by atoms with Crippen molar-refractivity contribution in [2.75, 3.05) is 23.3 Å². The molecule has 0 fully saturated rings. The Morgan fingerprint density at radius 3 is 2.45 bits per heavy atom. The highest BCUT2D eigenvalue weighted by atomic mass is 32.2. The molecule has 1 heterocycles. The first kappa shape index (κ1) is 20.7. The Morgan fingerprint density at radius 2 is 1.65 bits per heavy atom. The molecule has 0 bridgehead atoms. The lowest BCUT2D eigenvalue weighted by atomic mass is 10.1. The number of amides is 1. The molecule has 4 rings (SSSR count). The zero-order valence-corrected chi connectivity index (χ0v) is 18.0. The third-order valence-corrected chi connectivity index (χ3v) is 6.43. The fraction of sp³-hybridized carbons (Fsp3) is 0.174. The third-order valence-electron chi connectivity index (χ3n) is 5.05. The van der Waals surface area contributed by atoms with E-state index in [4.69, 9.17) is 9.47 Å². The maximum atomic E-state index is 12.8. The predicted molar refractivity (Wildman–Crippen MR) is 119 cm³/mol. The standard InChI is InChI=1S/C23H22N2O5S/c1-15-5-3-8-20(16(15)2)24-23(26)17-6-4-7-18(13-17)25-31(27,28)19-9-10-21-22(14-19)30-12-11-29-21/h3-10,13-14,25H,11-12H2,1-2H3,(H,24,26). The number of sulfonamides is 1. The van der Waals surface area contributed by atoms with Gasteiger partial charge < -0.3 is 14.8 Å². The Hall–Kier alpha value is -3.52. The van der Waals surface area contributed by atoms with E-state index in [-0.39, 0.29) is 16.5 Å². The monoisotopic (exact) mass is 438 g/mol. The molecule has 1 aliphatic rings. The smallest absolute Gasteiger partial charge is 0.262 e. The lowest BCUT2D eigenvalue weighted by Gasteiger charge is -2.19. The molecule has 0 aromatic heterocycles. The summed E-state index contributed by atoms with van der Waals surface area (Å²) >= 11 is 0. The first-order valence-corrected chi connectivity index (χ1v) is 11.2. The highest BCUT2D eigenvalue weighted by Gasteiger charge is 2.20. The number of fused-ring (bicyclic) bond motifs is 1. The summed E-state index contributed by atoms with van der Waals surface area (Å²) in [6.45, 7) is 4.69. The first-order valence-electron chi connectivity index (χ1n) is 9.73. The van der Waals surface area contributed by atoms with Crippen LogP contribution in [0.25, 0.3) is 0 Å². The summed E-state index contributed by atoms with van der Waals surface area (Å²) < 4.78 is 39.1. The minimum Gasteiger partial charge on any atom is -0.486 e. The van der Waals surface area contributed by atoms with Crippen molar-refractivity contribution < 1.29 is 22.7 Å². The van der Waals surface area contributed by atoms with Gasteiger partial charge in [0.1, 0.15) is 13.2 Å². The largest absolute Gasteiger partial charge is 0.486 e. The van der Waals surface area contributed by atoms with Crippen LogP contribution in [0.15, 0.2) is 65.6 Å². The van der Waals surface area contributed by atoms with Crippen LogP contribution in [0, 0.1) is 13.8 Å². The quantitative estimate of drug-likeness (QED) is 0.625. The predicted octanol–water partition coefficient (Wildman–Crippen LogP) is 4.13. The normalized spacial score (nSPS) is 12.8. The number of rotatable bonds is 5. The summed E-state index contributed by atoms with van der Waals surface area (Å²) in [6.07, 6.45) is 0. The van der Waals surface area contributed by atoms with Gasteiger partial charge in [-0.25, -0.2) is 8.42 Å². The zero-order chi connectivity index (χ0) is 22.0. The Balaban J connectivity index is 1.54. The Kier molecular flexibility index (Phi) is 5.56. The van der Waals surface area contributed by atoms with Crippen molar-refractivity contribution in [2.45, 2.75) is 18.7 Å². The van der Waals surface area contributed by atoms with Crippen molar-refractivity contribution in [2.24, 2.45) is 0 Å². The second-order valence-electron chi connectivity index (χ2n) is 7.19. The Morgan fingerprint density at radius 1 is 0.903 bits per heavy atom. The highest BCUT2D eigenvalue weighted by molar-refractivity contribution is 7.92. The molecule has 0 radical (unpaired) electrons. The lowest BCUT2D eigenvalue weighted by molar-refractivity contribution is 0.102. The van der Waals surface area contributed by atoms with Crippen LogP contribution in [-0.4, -0.2) is 27.5 Å². The summed E-state index contributed by atoms with van der Waals surface area (Å²) in [6, 6.07) is 16.4. The van der Waals surface area contributed by atoms with Gasteiger partial charge in [-0.1, -0.05) is 18.2 Å². The minimum absolute atomic E-state index is 0.0435. The second-order valence-corrected chi connectivity index (χ2v) is 8.88. The van der Waals surface area contributed by atoms with E-state index < -0.39 is 10.0 Å². The molecule has 31 heavy (non-hydrogen) atoms. The maximum absolute atomic E-state index is 12.8. The van der Waals surface area contributed by atoms with Crippen LogP contribution in [0.3, 0.4) is 0 Å². The molecular formula is C23H22N2O5S. The molecule has 3 aromatic carbocycles. The van der Waals surface area contributed by atoms with Crippen LogP contribution in [0.4, 0.5) is 11.4 Å². The van der Waals surface area contributed by atoms with Gasteiger partial charge in [0.2, 0.25) is 0 Å². The van der Waals surface area contributed by atoms with E-state index in [1.54, 1.807) is 24.3 Å². The van der Waals surface area contributed by atoms with E-state index in [2.05, 4.69) is 10.0 Å². The number of hydrogen-bond acceptors (Lipinski definition) is 5. The molecule has 0 unspecified atom stereocenters. The second kappa shape index (κ2) is 8.31. The van der Waals surface area contributed by atoms with Crippen LogP contribution < -0.4 is 19.5 Å². The van der Waals surface area contributed by atoms with Crippen LogP contribution in [0.2, 0.25) is 0 Å². The van der Waals surface area contributed by atoms with E-state index >= 15 is 0 Å². The van der Waals surface area contributed by atoms with Crippen molar-refractivity contribution in [1.29, 1.82) is 0 Å². The topological polar surface area (TPSA) is 93.7 Å². The van der Waals surface area contributed by atoms with Crippen LogP contribution in [0.5, 0.6) is 11.5 Å². The Labute approximate surface area is 181 Å². The number of hydrogen-bond donors (Lipinski definition) is 2. The molecule has 0 saturated carbocycles. The summed E-state index contributed by atoms with van der Waals surface area (Å²) in [4.78, 5) is 12.8. The maximum Gasteiger partial charge on any atom is 0.262 e. The fourth-order valence-corrected chi connectivity index (χ4v) is 4.27. The number of nitrogens with one attached hydrogen (secondary N) is 2. The van der Waals surface area contributed by atoms with Gasteiger partial charge in [0.05, 0.1) is 4.90 Å². The van der Waals surface area contributed by atoms with Gasteiger partial charge in [-0.2, -0.15) is 0 Å². The molecule has 0 atom stereocenters. The number of benzene rings is 3. The molecule has 0 aliphatic carbocycles. The first-order chi connectivity index (χ1) is 14.8. The van der Waals surface area contributed by atoms with E-state index in [9.17, 15) is 13.2 Å². The number of aryl methyl sites for hydroxylation is 1. The van der Waals surface area contributed by atoms with Gasteiger partial charge >= 0.3 is 0 Å². The van der Waals surface area contributed by atoms with Crippen LogP contribution in [0.1, 0.15) is 21.5 Å². The van der Waals surface area contributed by atoms with Gasteiger partial charge in [0.25, 0.3) is 15.9 Å². The van der Waals surface area contributed by atoms with Crippen molar-refractivity contribution >= 4 is 27.3 Å². The number of anilines is 2. The van der Waals surface area contributed by atoms with Crippen LogP contribution in [-0.2, 0) is 10.0 Å². The molecule has 1 aliphatic heterocycles. The van der Waals surface area contributed by atoms with Crippen molar-refractivity contribution in [3.63, 3.8) is 0 Å². The van der Waals surface area contributed by atoms with E-state index in [1.807, 2.05) is 32.0 Å².